The van der Waals surface area contributed by atoms with Crippen LogP contribution < -0.4 is 0 Å². The first-order chi connectivity index (χ1) is 9.84. The molecule has 2 aromatic carbocycles. The van der Waals surface area contributed by atoms with E-state index in [1.165, 1.54) is 27.8 Å². The van der Waals surface area contributed by atoms with Gasteiger partial charge in [-0.1, -0.05) is 60.2 Å². The monoisotopic (exact) mass is 435 g/mol. The molecule has 0 unspecified atom stereocenters. The summed E-state index contributed by atoms with van der Waals surface area (Å²) < 4.78 is 0. The number of benzene rings is 2. The number of halogens is 4. The molecule has 5 heteroatoms. The van der Waals surface area contributed by atoms with Crippen molar-refractivity contribution in [1.29, 1.82) is 0 Å². The van der Waals surface area contributed by atoms with Crippen molar-refractivity contribution in [2.75, 3.05) is 0 Å². The molecule has 0 saturated carbocycles. The van der Waals surface area contributed by atoms with Crippen LogP contribution in [0.3, 0.4) is 0 Å². The Hall–Kier alpha value is 0.223. The average molecular weight is 438 g/mol. The number of hydrogen-bond donors (Lipinski definition) is 0. The molecule has 2 aromatic rings. The Morgan fingerprint density at radius 3 is 2.05 bits per heavy atom. The molecule has 1 radical (unpaired) electrons. The van der Waals surface area contributed by atoms with Gasteiger partial charge >= 0.3 is 49.5 Å². The second-order valence-electron chi connectivity index (χ2n) is 4.64. The van der Waals surface area contributed by atoms with Crippen molar-refractivity contribution in [3.63, 3.8) is 0 Å². The zero-order valence-corrected chi connectivity index (χ0v) is 16.8. The molecule has 0 N–H and O–H groups in total. The van der Waals surface area contributed by atoms with Crippen LogP contribution in [0.25, 0.3) is 17.2 Å². The van der Waals surface area contributed by atoms with Crippen molar-refractivity contribution >= 4 is 40.1 Å². The maximum atomic E-state index is 5.04. The van der Waals surface area contributed by atoms with Crippen LogP contribution in [0.2, 0.25) is 0 Å². The molecule has 0 heterocycles. The Morgan fingerprint density at radius 2 is 1.43 bits per heavy atom. The van der Waals surface area contributed by atoms with E-state index in [9.17, 15) is 0 Å². The molecule has 0 aromatic heterocycles. The van der Waals surface area contributed by atoms with Crippen LogP contribution in [0, 0.1) is 6.42 Å². The molecule has 1 aliphatic carbocycles. The van der Waals surface area contributed by atoms with Crippen LogP contribution in [0.4, 0.5) is 0 Å². The van der Waals surface area contributed by atoms with Crippen LogP contribution in [0.5, 0.6) is 0 Å². The Balaban J connectivity index is 0.000000282. The summed E-state index contributed by atoms with van der Waals surface area (Å²) in [5, 5.41) is 0. The summed E-state index contributed by atoms with van der Waals surface area (Å²) >= 11 is -3.29. The molecule has 0 fully saturated rings. The zero-order chi connectivity index (χ0) is 15.5. The van der Waals surface area contributed by atoms with Crippen LogP contribution in [-0.2, 0) is 15.5 Å². The van der Waals surface area contributed by atoms with Gasteiger partial charge in [0, 0.05) is 6.42 Å². The molecule has 0 saturated heterocycles. The van der Waals surface area contributed by atoms with Gasteiger partial charge in [0.2, 0.25) is 0 Å². The first-order valence-corrected chi connectivity index (χ1v) is 19.0. The van der Waals surface area contributed by atoms with Crippen LogP contribution >= 0.6 is 34.1 Å². The van der Waals surface area contributed by atoms with Gasteiger partial charge in [-0.25, -0.2) is 0 Å². The predicted octanol–water partition coefficient (Wildman–Crippen LogP) is 7.08. The second kappa shape index (κ2) is 7.67. The second-order valence-corrected chi connectivity index (χ2v) is 27.0. The zero-order valence-electron chi connectivity index (χ0n) is 11.3. The van der Waals surface area contributed by atoms with Crippen molar-refractivity contribution in [2.45, 2.75) is 6.92 Å². The SMILES string of the molecule is CC1=Cc2c(cccc2-c2ccccc2)[CH]1.[Cl][Zr]([Cl])([Cl])[Cl]. The summed E-state index contributed by atoms with van der Waals surface area (Å²) in [6.45, 7) is 2.15. The number of allylic oxidation sites excluding steroid dienone is 1. The minimum absolute atomic E-state index is 1.29. The Bertz CT molecular complexity index is 639. The fraction of sp³-hybridized carbons (Fsp3) is 0.0625. The number of rotatable bonds is 1. The van der Waals surface area contributed by atoms with Gasteiger partial charge in [-0.15, -0.1) is 0 Å². The van der Waals surface area contributed by atoms with Crippen LogP contribution in [0.15, 0.2) is 54.1 Å². The quantitative estimate of drug-likeness (QED) is 0.447. The van der Waals surface area contributed by atoms with Crippen molar-refractivity contribution in [3.8, 4) is 11.1 Å². The molecule has 0 amide bonds. The summed E-state index contributed by atoms with van der Waals surface area (Å²) in [6, 6.07) is 17.1. The van der Waals surface area contributed by atoms with Gasteiger partial charge in [0.05, 0.1) is 0 Å². The molecule has 21 heavy (non-hydrogen) atoms. The molecule has 3 rings (SSSR count). The first-order valence-electron chi connectivity index (χ1n) is 6.32. The summed E-state index contributed by atoms with van der Waals surface area (Å²) in [5.41, 5.74) is 6.63. The molecule has 0 bridgehead atoms. The summed E-state index contributed by atoms with van der Waals surface area (Å²) in [4.78, 5) is 0. The van der Waals surface area contributed by atoms with E-state index < -0.39 is 15.5 Å². The van der Waals surface area contributed by atoms with E-state index in [0.717, 1.165) is 0 Å². The standard InChI is InChI=1S/C16H13.4ClH.Zr/c1-12-10-14-8-5-9-15(16(14)11-12)13-6-3-2-4-7-13;;;;;/h2-11H,1H3;4*1H;/q;;;;;+4/p-4. The topological polar surface area (TPSA) is 0 Å². The number of hydrogen-bond acceptors (Lipinski definition) is 0. The molecule has 0 atom stereocenters. The van der Waals surface area contributed by atoms with E-state index in [0.29, 0.717) is 0 Å². The fourth-order valence-electron chi connectivity index (χ4n) is 2.25. The van der Waals surface area contributed by atoms with E-state index in [1.54, 1.807) is 0 Å². The maximum absolute atomic E-state index is 5.04. The third kappa shape index (κ3) is 5.73. The van der Waals surface area contributed by atoms with Crippen molar-refractivity contribution in [1.82, 2.24) is 0 Å². The van der Waals surface area contributed by atoms with Gasteiger partial charge in [-0.05, 0) is 29.2 Å². The van der Waals surface area contributed by atoms with Crippen molar-refractivity contribution in [3.05, 3.63) is 71.7 Å². The molecular formula is C16H13Cl4Zr. The minimum atomic E-state index is -3.29. The van der Waals surface area contributed by atoms with E-state index in [-0.39, 0.29) is 0 Å². The Labute approximate surface area is 144 Å². The molecule has 1 aliphatic rings. The van der Waals surface area contributed by atoms with Gasteiger partial charge in [-0.3, -0.25) is 0 Å². The first kappa shape index (κ1) is 17.6. The van der Waals surface area contributed by atoms with Gasteiger partial charge < -0.3 is 0 Å². The molecular weight excluding hydrogens is 425 g/mol. The van der Waals surface area contributed by atoms with Gasteiger partial charge in [-0.2, -0.15) is 0 Å². The van der Waals surface area contributed by atoms with E-state index >= 15 is 0 Å². The van der Waals surface area contributed by atoms with Crippen LogP contribution in [0.1, 0.15) is 18.1 Å². The Morgan fingerprint density at radius 1 is 0.810 bits per heavy atom. The normalized spacial score (nSPS) is 13.1. The molecule has 0 aliphatic heterocycles. The third-order valence-electron chi connectivity index (χ3n) is 2.98. The summed E-state index contributed by atoms with van der Waals surface area (Å²) in [6.07, 6.45) is 4.50. The van der Waals surface area contributed by atoms with E-state index in [4.69, 9.17) is 34.1 Å². The average Bonchev–Trinajstić information content (AvgIpc) is 2.77. The van der Waals surface area contributed by atoms with E-state index in [1.807, 2.05) is 0 Å². The van der Waals surface area contributed by atoms with Gasteiger partial charge in [0.1, 0.15) is 0 Å². The molecule has 0 spiro atoms. The van der Waals surface area contributed by atoms with Gasteiger partial charge in [0.15, 0.2) is 0 Å². The van der Waals surface area contributed by atoms with Crippen molar-refractivity contribution in [2.24, 2.45) is 0 Å². The Kier molecular flexibility index (Phi) is 6.42. The third-order valence-corrected chi connectivity index (χ3v) is 2.98. The summed E-state index contributed by atoms with van der Waals surface area (Å²) in [5.74, 6) is 0. The number of fused-ring (bicyclic) bond motifs is 1. The molecule has 0 nitrogen and oxygen atoms in total. The van der Waals surface area contributed by atoms with Crippen molar-refractivity contribution < 1.29 is 15.5 Å². The summed E-state index contributed by atoms with van der Waals surface area (Å²) in [7, 11) is 20.1. The fourth-order valence-corrected chi connectivity index (χ4v) is 2.25. The van der Waals surface area contributed by atoms with Gasteiger partial charge in [0.25, 0.3) is 0 Å². The van der Waals surface area contributed by atoms with Crippen LogP contribution in [-0.4, -0.2) is 0 Å². The molecule has 109 valence electrons. The van der Waals surface area contributed by atoms with E-state index in [2.05, 4.69) is 68.0 Å². The predicted molar refractivity (Wildman–Crippen MR) is 92.3 cm³/mol.